The van der Waals surface area contributed by atoms with E-state index in [9.17, 15) is 0 Å². The molecule has 6 nitrogen and oxygen atoms in total. The van der Waals surface area contributed by atoms with Gasteiger partial charge in [-0.3, -0.25) is 4.90 Å². The molecular weight excluding hydrogens is 324 g/mol. The fourth-order valence-corrected chi connectivity index (χ4v) is 3.74. The van der Waals surface area contributed by atoms with Crippen molar-refractivity contribution in [3.8, 4) is 5.88 Å². The van der Waals surface area contributed by atoms with Gasteiger partial charge in [0.05, 0.1) is 31.5 Å². The Morgan fingerprint density at radius 2 is 2.00 bits per heavy atom. The predicted octanol–water partition coefficient (Wildman–Crippen LogP) is 3.04. The first kappa shape index (κ1) is 19.4. The summed E-state index contributed by atoms with van der Waals surface area (Å²) in [6.45, 7) is 14.1. The van der Waals surface area contributed by atoms with Crippen LogP contribution in [0.2, 0.25) is 0 Å². The molecular formula is C17H32N4O2S. The van der Waals surface area contributed by atoms with E-state index in [0.29, 0.717) is 24.6 Å². The molecule has 1 fully saturated rings. The number of ether oxygens (including phenoxy) is 2. The molecule has 1 atom stereocenters. The highest BCUT2D eigenvalue weighted by atomic mass is 32.1. The zero-order valence-corrected chi connectivity index (χ0v) is 16.3. The van der Waals surface area contributed by atoms with Gasteiger partial charge in [0, 0.05) is 31.7 Å². The Bertz CT molecular complexity index is 463. The maximum Gasteiger partial charge on any atom is 0.270 e. The van der Waals surface area contributed by atoms with Gasteiger partial charge in [-0.1, -0.05) is 13.3 Å². The highest BCUT2D eigenvalue weighted by Crippen LogP contribution is 2.26. The van der Waals surface area contributed by atoms with Crippen LogP contribution in [0.1, 0.15) is 47.0 Å². The molecule has 138 valence electrons. The summed E-state index contributed by atoms with van der Waals surface area (Å²) in [5.41, 5.74) is 0. The van der Waals surface area contributed by atoms with Gasteiger partial charge in [0.15, 0.2) is 0 Å². The van der Waals surface area contributed by atoms with Crippen LogP contribution in [-0.4, -0.2) is 65.2 Å². The molecule has 0 radical (unpaired) electrons. The summed E-state index contributed by atoms with van der Waals surface area (Å²) in [6, 6.07) is 1.19. The predicted molar refractivity (Wildman–Crippen MR) is 99.3 cm³/mol. The second-order valence-corrected chi connectivity index (χ2v) is 7.19. The molecule has 7 heteroatoms. The van der Waals surface area contributed by atoms with E-state index in [1.54, 1.807) is 0 Å². The lowest BCUT2D eigenvalue weighted by Crippen LogP contribution is -2.39. The Morgan fingerprint density at radius 1 is 1.25 bits per heavy atom. The van der Waals surface area contributed by atoms with E-state index in [0.717, 1.165) is 45.1 Å². The SMILES string of the molecule is CCCC(C)N(CCCOc1nsnc1N1CCOCC1)C(C)C. The van der Waals surface area contributed by atoms with Gasteiger partial charge in [0.25, 0.3) is 5.88 Å². The summed E-state index contributed by atoms with van der Waals surface area (Å²) >= 11 is 1.22. The van der Waals surface area contributed by atoms with Gasteiger partial charge < -0.3 is 14.4 Å². The summed E-state index contributed by atoms with van der Waals surface area (Å²) in [6.07, 6.45) is 3.48. The zero-order valence-electron chi connectivity index (χ0n) is 15.5. The maximum absolute atomic E-state index is 5.93. The molecule has 0 N–H and O–H groups in total. The van der Waals surface area contributed by atoms with Gasteiger partial charge in [-0.05, 0) is 33.6 Å². The van der Waals surface area contributed by atoms with Crippen molar-refractivity contribution in [2.45, 2.75) is 59.0 Å². The summed E-state index contributed by atoms with van der Waals surface area (Å²) in [7, 11) is 0. The summed E-state index contributed by atoms with van der Waals surface area (Å²) in [5.74, 6) is 1.56. The minimum Gasteiger partial charge on any atom is -0.474 e. The Balaban J connectivity index is 1.78. The first-order valence-electron chi connectivity index (χ1n) is 9.17. The van der Waals surface area contributed by atoms with E-state index in [1.807, 2.05) is 0 Å². The Morgan fingerprint density at radius 3 is 2.67 bits per heavy atom. The lowest BCUT2D eigenvalue weighted by Gasteiger charge is -2.32. The van der Waals surface area contributed by atoms with Crippen molar-refractivity contribution < 1.29 is 9.47 Å². The molecule has 2 rings (SSSR count). The van der Waals surface area contributed by atoms with Crippen LogP contribution in [0.25, 0.3) is 0 Å². The molecule has 1 aromatic rings. The molecule has 1 aliphatic rings. The zero-order chi connectivity index (χ0) is 17.4. The van der Waals surface area contributed by atoms with Crippen LogP contribution in [0.3, 0.4) is 0 Å². The fraction of sp³-hybridized carbons (Fsp3) is 0.882. The van der Waals surface area contributed by atoms with E-state index < -0.39 is 0 Å². The topological polar surface area (TPSA) is 50.7 Å². The minimum atomic E-state index is 0.566. The van der Waals surface area contributed by atoms with Gasteiger partial charge >= 0.3 is 0 Å². The Labute approximate surface area is 150 Å². The number of nitrogens with zero attached hydrogens (tertiary/aromatic N) is 4. The van der Waals surface area contributed by atoms with Crippen LogP contribution in [0, 0.1) is 0 Å². The lowest BCUT2D eigenvalue weighted by molar-refractivity contribution is 0.122. The first-order chi connectivity index (χ1) is 11.6. The van der Waals surface area contributed by atoms with E-state index >= 15 is 0 Å². The molecule has 0 saturated carbocycles. The fourth-order valence-electron chi connectivity index (χ4n) is 3.22. The second-order valence-electron chi connectivity index (χ2n) is 6.66. The summed E-state index contributed by atoms with van der Waals surface area (Å²) < 4.78 is 20.0. The van der Waals surface area contributed by atoms with Gasteiger partial charge in [0.2, 0.25) is 5.82 Å². The third-order valence-electron chi connectivity index (χ3n) is 4.49. The van der Waals surface area contributed by atoms with E-state index in [4.69, 9.17) is 9.47 Å². The monoisotopic (exact) mass is 356 g/mol. The number of rotatable bonds is 10. The Hall–Kier alpha value is -0.920. The molecule has 0 bridgehead atoms. The van der Waals surface area contributed by atoms with Gasteiger partial charge in [-0.25, -0.2) is 0 Å². The van der Waals surface area contributed by atoms with Crippen LogP contribution in [0.4, 0.5) is 5.82 Å². The standard InChI is InChI=1S/C17H32N4O2S/c1-5-7-15(4)21(14(2)3)8-6-11-23-17-16(18-24-19-17)20-9-12-22-13-10-20/h14-15H,5-13H2,1-4H3. The highest BCUT2D eigenvalue weighted by molar-refractivity contribution is 6.99. The van der Waals surface area contributed by atoms with Crippen LogP contribution in [0.5, 0.6) is 5.88 Å². The average molecular weight is 357 g/mol. The molecule has 0 amide bonds. The van der Waals surface area contributed by atoms with Crippen molar-refractivity contribution in [2.75, 3.05) is 44.4 Å². The quantitative estimate of drug-likeness (QED) is 0.601. The number of anilines is 1. The highest BCUT2D eigenvalue weighted by Gasteiger charge is 2.20. The molecule has 2 heterocycles. The minimum absolute atomic E-state index is 0.566. The van der Waals surface area contributed by atoms with Crippen molar-refractivity contribution in [3.05, 3.63) is 0 Å². The number of hydrogen-bond donors (Lipinski definition) is 0. The summed E-state index contributed by atoms with van der Waals surface area (Å²) in [5, 5.41) is 0. The van der Waals surface area contributed by atoms with Crippen molar-refractivity contribution in [1.82, 2.24) is 13.6 Å². The number of aromatic nitrogens is 2. The normalized spacial score (nSPS) is 16.8. The van der Waals surface area contributed by atoms with E-state index in [-0.39, 0.29) is 0 Å². The number of hydrogen-bond acceptors (Lipinski definition) is 7. The average Bonchev–Trinajstić information content (AvgIpc) is 3.04. The molecule has 1 aliphatic heterocycles. The Kier molecular flexibility index (Phi) is 8.21. The van der Waals surface area contributed by atoms with Crippen LogP contribution >= 0.6 is 11.7 Å². The largest absolute Gasteiger partial charge is 0.474 e. The van der Waals surface area contributed by atoms with E-state index in [2.05, 4.69) is 46.2 Å². The van der Waals surface area contributed by atoms with E-state index in [1.165, 1.54) is 24.6 Å². The maximum atomic E-state index is 5.93. The van der Waals surface area contributed by atoms with Crippen molar-refractivity contribution in [3.63, 3.8) is 0 Å². The summed E-state index contributed by atoms with van der Waals surface area (Å²) in [4.78, 5) is 4.76. The third-order valence-corrected chi connectivity index (χ3v) is 4.99. The molecule has 1 aromatic heterocycles. The smallest absolute Gasteiger partial charge is 0.270 e. The molecule has 0 aliphatic carbocycles. The third kappa shape index (κ3) is 5.57. The number of morpholine rings is 1. The van der Waals surface area contributed by atoms with Crippen molar-refractivity contribution >= 4 is 17.5 Å². The van der Waals surface area contributed by atoms with Crippen molar-refractivity contribution in [2.24, 2.45) is 0 Å². The molecule has 1 saturated heterocycles. The molecule has 1 unspecified atom stereocenters. The van der Waals surface area contributed by atoms with Crippen molar-refractivity contribution in [1.29, 1.82) is 0 Å². The van der Waals surface area contributed by atoms with Crippen LogP contribution in [-0.2, 0) is 4.74 Å². The van der Waals surface area contributed by atoms with Crippen LogP contribution < -0.4 is 9.64 Å². The van der Waals surface area contributed by atoms with Gasteiger partial charge in [-0.15, -0.1) is 4.37 Å². The molecule has 24 heavy (non-hydrogen) atoms. The lowest BCUT2D eigenvalue weighted by atomic mass is 10.1. The molecule has 0 spiro atoms. The first-order valence-corrected chi connectivity index (χ1v) is 9.90. The van der Waals surface area contributed by atoms with Gasteiger partial charge in [0.1, 0.15) is 0 Å². The molecule has 0 aromatic carbocycles. The van der Waals surface area contributed by atoms with Crippen LogP contribution in [0.15, 0.2) is 0 Å². The van der Waals surface area contributed by atoms with Gasteiger partial charge in [-0.2, -0.15) is 4.37 Å². The second kappa shape index (κ2) is 10.2.